The van der Waals surface area contributed by atoms with E-state index in [0.29, 0.717) is 41.3 Å². The molecule has 0 saturated carbocycles. The standard InChI is InChI=1S/C27H25N3O4/c1-3-19-34-26-20(9-8-13-24(26)33-2)14-15-25(31)30-23-12-5-4-11-22(23)27(32)29-18-16-21-10-6-7-17-28-21/h4-15,17H,16,18H2,1-2H3,(H,29,32)(H,30,31)/b15-14+. The lowest BCUT2D eigenvalue weighted by molar-refractivity contribution is -0.111. The second kappa shape index (κ2) is 12.5. The van der Waals surface area contributed by atoms with Gasteiger partial charge in [-0.2, -0.15) is 0 Å². The number of ether oxygens (including phenoxy) is 2. The van der Waals surface area contributed by atoms with Gasteiger partial charge in [-0.25, -0.2) is 0 Å². The SMILES string of the molecule is CC#COc1c(/C=C/C(=O)Nc2ccccc2C(=O)NCCc2ccccn2)cccc1OC. The summed E-state index contributed by atoms with van der Waals surface area (Å²) in [5.74, 6) is 2.89. The Bertz CT molecular complexity index is 1230. The molecule has 7 heteroatoms. The Morgan fingerprint density at radius 2 is 1.88 bits per heavy atom. The van der Waals surface area contributed by atoms with Crippen LogP contribution in [0.5, 0.6) is 11.5 Å². The fraction of sp³-hybridized carbons (Fsp3) is 0.148. The number of pyridine rings is 1. The number of para-hydroxylation sites is 2. The Labute approximate surface area is 198 Å². The number of carbonyl (C=O) groups is 2. The molecular formula is C27H25N3O4. The first-order valence-electron chi connectivity index (χ1n) is 10.6. The molecule has 1 heterocycles. The van der Waals surface area contributed by atoms with Crippen molar-refractivity contribution >= 4 is 23.6 Å². The van der Waals surface area contributed by atoms with Crippen LogP contribution in [0.3, 0.4) is 0 Å². The molecule has 172 valence electrons. The smallest absolute Gasteiger partial charge is 0.253 e. The summed E-state index contributed by atoms with van der Waals surface area (Å²) in [5.41, 5.74) is 2.29. The minimum Gasteiger partial charge on any atom is -0.493 e. The maximum Gasteiger partial charge on any atom is 0.253 e. The van der Waals surface area contributed by atoms with E-state index in [4.69, 9.17) is 9.47 Å². The Balaban J connectivity index is 1.67. The molecular weight excluding hydrogens is 430 g/mol. The summed E-state index contributed by atoms with van der Waals surface area (Å²) in [4.78, 5) is 29.5. The molecule has 0 spiro atoms. The number of amides is 2. The molecule has 0 aliphatic rings. The average Bonchev–Trinajstić information content (AvgIpc) is 2.87. The third-order valence-corrected chi connectivity index (χ3v) is 4.72. The van der Waals surface area contributed by atoms with E-state index in [1.807, 2.05) is 18.2 Å². The second-order valence-electron chi connectivity index (χ2n) is 7.03. The summed E-state index contributed by atoms with van der Waals surface area (Å²) in [7, 11) is 1.53. The van der Waals surface area contributed by atoms with Crippen molar-refractivity contribution in [2.75, 3.05) is 19.0 Å². The van der Waals surface area contributed by atoms with Crippen LogP contribution in [0.4, 0.5) is 5.69 Å². The van der Waals surface area contributed by atoms with E-state index in [2.05, 4.69) is 27.6 Å². The van der Waals surface area contributed by atoms with Crippen molar-refractivity contribution in [2.24, 2.45) is 0 Å². The van der Waals surface area contributed by atoms with Crippen LogP contribution in [0.1, 0.15) is 28.5 Å². The first-order valence-corrected chi connectivity index (χ1v) is 10.6. The minimum absolute atomic E-state index is 0.280. The van der Waals surface area contributed by atoms with Crippen molar-refractivity contribution in [2.45, 2.75) is 13.3 Å². The summed E-state index contributed by atoms with van der Waals surface area (Å²) in [5, 5.41) is 5.63. The monoisotopic (exact) mass is 455 g/mol. The molecule has 0 unspecified atom stereocenters. The molecule has 0 saturated heterocycles. The zero-order valence-electron chi connectivity index (χ0n) is 19.0. The Kier molecular flexibility index (Phi) is 8.83. The molecule has 7 nitrogen and oxygen atoms in total. The van der Waals surface area contributed by atoms with Crippen LogP contribution >= 0.6 is 0 Å². The number of methoxy groups -OCH3 is 1. The second-order valence-corrected chi connectivity index (χ2v) is 7.03. The molecule has 3 rings (SSSR count). The van der Waals surface area contributed by atoms with E-state index < -0.39 is 5.91 Å². The number of aromatic nitrogens is 1. The number of nitrogens with one attached hydrogen (secondary N) is 2. The highest BCUT2D eigenvalue weighted by atomic mass is 16.5. The molecule has 3 aromatic rings. The fourth-order valence-electron chi connectivity index (χ4n) is 3.11. The molecule has 0 aliphatic carbocycles. The van der Waals surface area contributed by atoms with E-state index in [0.717, 1.165) is 5.69 Å². The molecule has 2 amide bonds. The largest absolute Gasteiger partial charge is 0.493 e. The third-order valence-electron chi connectivity index (χ3n) is 4.72. The van der Waals surface area contributed by atoms with Gasteiger partial charge in [0.1, 0.15) is 6.11 Å². The van der Waals surface area contributed by atoms with Gasteiger partial charge in [0.05, 0.1) is 18.4 Å². The number of hydrogen-bond acceptors (Lipinski definition) is 5. The molecule has 2 aromatic carbocycles. The van der Waals surface area contributed by atoms with E-state index in [9.17, 15) is 9.59 Å². The molecule has 0 atom stereocenters. The zero-order chi connectivity index (χ0) is 24.2. The topological polar surface area (TPSA) is 89.5 Å². The molecule has 1 aromatic heterocycles. The summed E-state index contributed by atoms with van der Waals surface area (Å²) < 4.78 is 10.8. The maximum atomic E-state index is 12.7. The normalized spacial score (nSPS) is 10.2. The lowest BCUT2D eigenvalue weighted by atomic mass is 10.1. The zero-order valence-corrected chi connectivity index (χ0v) is 19.0. The number of hydrogen-bond donors (Lipinski definition) is 2. The molecule has 0 radical (unpaired) electrons. The third kappa shape index (κ3) is 6.71. The van der Waals surface area contributed by atoms with Crippen molar-refractivity contribution in [1.82, 2.24) is 10.3 Å². The van der Waals surface area contributed by atoms with Crippen LogP contribution in [0.15, 0.2) is 72.9 Å². The highest BCUT2D eigenvalue weighted by molar-refractivity contribution is 6.07. The van der Waals surface area contributed by atoms with Crippen molar-refractivity contribution in [3.05, 3.63) is 89.8 Å². The van der Waals surface area contributed by atoms with Crippen molar-refractivity contribution in [3.63, 3.8) is 0 Å². The van der Waals surface area contributed by atoms with Gasteiger partial charge in [-0.15, -0.1) is 0 Å². The highest BCUT2D eigenvalue weighted by Crippen LogP contribution is 2.31. The summed E-state index contributed by atoms with van der Waals surface area (Å²) >= 11 is 0. The molecule has 0 fully saturated rings. The predicted molar refractivity (Wildman–Crippen MR) is 131 cm³/mol. The van der Waals surface area contributed by atoms with E-state index in [1.54, 1.807) is 61.7 Å². The van der Waals surface area contributed by atoms with Crippen LogP contribution in [0.2, 0.25) is 0 Å². The van der Waals surface area contributed by atoms with Gasteiger partial charge < -0.3 is 20.1 Å². The predicted octanol–water partition coefficient (Wildman–Crippen LogP) is 4.07. The van der Waals surface area contributed by atoms with E-state index in [1.165, 1.54) is 13.2 Å². The van der Waals surface area contributed by atoms with Crippen molar-refractivity contribution < 1.29 is 19.1 Å². The summed E-state index contributed by atoms with van der Waals surface area (Å²) in [6.45, 7) is 2.09. The van der Waals surface area contributed by atoms with Crippen molar-refractivity contribution in [3.8, 4) is 23.5 Å². The van der Waals surface area contributed by atoms with Gasteiger partial charge in [0.25, 0.3) is 5.91 Å². The first-order chi connectivity index (χ1) is 16.6. The lowest BCUT2D eigenvalue weighted by Crippen LogP contribution is -2.27. The quantitative estimate of drug-likeness (QED) is 0.375. The van der Waals surface area contributed by atoms with Crippen LogP contribution in [-0.2, 0) is 11.2 Å². The fourth-order valence-corrected chi connectivity index (χ4v) is 3.11. The number of rotatable bonds is 9. The Morgan fingerprint density at radius 3 is 2.65 bits per heavy atom. The highest BCUT2D eigenvalue weighted by Gasteiger charge is 2.13. The van der Waals surface area contributed by atoms with Crippen LogP contribution < -0.4 is 20.1 Å². The molecule has 0 bridgehead atoms. The molecule has 0 aliphatic heterocycles. The van der Waals surface area contributed by atoms with Gasteiger partial charge in [0, 0.05) is 43.4 Å². The van der Waals surface area contributed by atoms with Gasteiger partial charge in [0.15, 0.2) is 11.5 Å². The summed E-state index contributed by atoms with van der Waals surface area (Å²) in [6.07, 6.45) is 7.82. The number of nitrogens with zero attached hydrogens (tertiary/aromatic N) is 1. The van der Waals surface area contributed by atoms with Gasteiger partial charge in [-0.3, -0.25) is 14.6 Å². The number of carbonyl (C=O) groups excluding carboxylic acids is 2. The lowest BCUT2D eigenvalue weighted by Gasteiger charge is -2.11. The summed E-state index contributed by atoms with van der Waals surface area (Å²) in [6, 6.07) is 17.8. The van der Waals surface area contributed by atoms with Gasteiger partial charge in [-0.05, 0) is 36.4 Å². The number of anilines is 1. The van der Waals surface area contributed by atoms with Crippen LogP contribution in [0, 0.1) is 12.0 Å². The molecule has 34 heavy (non-hydrogen) atoms. The molecule has 2 N–H and O–H groups in total. The van der Waals surface area contributed by atoms with Gasteiger partial charge in [-0.1, -0.05) is 36.3 Å². The maximum absolute atomic E-state index is 12.7. The van der Waals surface area contributed by atoms with E-state index >= 15 is 0 Å². The van der Waals surface area contributed by atoms with Crippen molar-refractivity contribution in [1.29, 1.82) is 0 Å². The Morgan fingerprint density at radius 1 is 1.06 bits per heavy atom. The Hall–Kier alpha value is -4.57. The van der Waals surface area contributed by atoms with Crippen LogP contribution in [0.25, 0.3) is 6.08 Å². The van der Waals surface area contributed by atoms with Gasteiger partial charge >= 0.3 is 0 Å². The number of benzene rings is 2. The first kappa shape index (κ1) is 24.1. The average molecular weight is 456 g/mol. The van der Waals surface area contributed by atoms with Crippen LogP contribution in [-0.4, -0.2) is 30.5 Å². The van der Waals surface area contributed by atoms with E-state index in [-0.39, 0.29) is 5.91 Å². The van der Waals surface area contributed by atoms with Gasteiger partial charge in [0.2, 0.25) is 5.91 Å². The minimum atomic E-state index is -0.399.